The molecule has 0 bridgehead atoms. The highest BCUT2D eigenvalue weighted by atomic mass is 32.1. The number of thiazole rings is 1. The van der Waals surface area contributed by atoms with Gasteiger partial charge in [0, 0.05) is 37.8 Å². The van der Waals surface area contributed by atoms with Crippen LogP contribution in [0.1, 0.15) is 0 Å². The fourth-order valence-corrected chi connectivity index (χ4v) is 3.00. The zero-order valence-electron chi connectivity index (χ0n) is 10.6. The fraction of sp³-hybridized carbons (Fsp3) is 0.364. The topological polar surface area (TPSA) is 75.3 Å². The Bertz CT molecular complexity index is 700. The summed E-state index contributed by atoms with van der Waals surface area (Å²) < 4.78 is 1.46. The number of fused-ring (bicyclic) bond motifs is 1. The first kappa shape index (κ1) is 11.5. The summed E-state index contributed by atoms with van der Waals surface area (Å²) in [4.78, 5) is 8.89. The van der Waals surface area contributed by atoms with Gasteiger partial charge in [-0.1, -0.05) is 0 Å². The maximum absolute atomic E-state index is 4.42. The molecule has 0 aromatic carbocycles. The summed E-state index contributed by atoms with van der Waals surface area (Å²) in [5.41, 5.74) is 0.662. The van der Waals surface area contributed by atoms with Gasteiger partial charge in [-0.3, -0.25) is 0 Å². The molecular formula is C11H12N8S. The average molecular weight is 288 g/mol. The van der Waals surface area contributed by atoms with E-state index in [1.165, 1.54) is 4.63 Å². The van der Waals surface area contributed by atoms with Crippen LogP contribution in [0.2, 0.25) is 0 Å². The molecule has 4 rings (SSSR count). The molecule has 0 saturated carbocycles. The summed E-state index contributed by atoms with van der Waals surface area (Å²) in [6, 6.07) is 3.85. The van der Waals surface area contributed by atoms with Gasteiger partial charge in [0.25, 0.3) is 0 Å². The van der Waals surface area contributed by atoms with Crippen molar-refractivity contribution in [3.05, 3.63) is 23.7 Å². The number of rotatable bonds is 2. The van der Waals surface area contributed by atoms with Gasteiger partial charge >= 0.3 is 0 Å². The van der Waals surface area contributed by atoms with Crippen molar-refractivity contribution in [1.82, 2.24) is 30.2 Å². The second-order valence-electron chi connectivity index (χ2n) is 4.51. The van der Waals surface area contributed by atoms with E-state index < -0.39 is 0 Å². The molecule has 0 atom stereocenters. The number of anilines is 2. The molecule has 0 spiro atoms. The Morgan fingerprint density at radius 2 is 1.90 bits per heavy atom. The third-order valence-electron chi connectivity index (χ3n) is 3.35. The predicted octanol–water partition coefficient (Wildman–Crippen LogP) is 0.302. The third-order valence-corrected chi connectivity index (χ3v) is 4.18. The lowest BCUT2D eigenvalue weighted by molar-refractivity contribution is 0.632. The fourth-order valence-electron chi connectivity index (χ4n) is 2.31. The Balaban J connectivity index is 1.50. The molecule has 0 unspecified atom stereocenters. The number of piperazine rings is 1. The van der Waals surface area contributed by atoms with E-state index in [2.05, 4.69) is 35.4 Å². The van der Waals surface area contributed by atoms with E-state index in [0.29, 0.717) is 5.65 Å². The van der Waals surface area contributed by atoms with Crippen LogP contribution in [0.25, 0.3) is 5.65 Å². The van der Waals surface area contributed by atoms with Crippen LogP contribution in [0.15, 0.2) is 23.7 Å². The maximum Gasteiger partial charge on any atom is 0.200 e. The lowest BCUT2D eigenvalue weighted by atomic mass is 10.3. The first-order valence-corrected chi connectivity index (χ1v) is 7.23. The zero-order chi connectivity index (χ0) is 13.4. The summed E-state index contributed by atoms with van der Waals surface area (Å²) in [5.74, 6) is 0.906. The highest BCUT2D eigenvalue weighted by molar-refractivity contribution is 7.13. The van der Waals surface area contributed by atoms with Crippen molar-refractivity contribution in [3.8, 4) is 0 Å². The van der Waals surface area contributed by atoms with Crippen LogP contribution in [0.4, 0.5) is 10.9 Å². The molecule has 0 amide bonds. The van der Waals surface area contributed by atoms with Crippen molar-refractivity contribution in [1.29, 1.82) is 0 Å². The van der Waals surface area contributed by atoms with Gasteiger partial charge in [-0.05, 0) is 22.6 Å². The predicted molar refractivity (Wildman–Crippen MR) is 75.1 cm³/mol. The Morgan fingerprint density at radius 1 is 1.05 bits per heavy atom. The second kappa shape index (κ2) is 4.67. The molecule has 1 aliphatic rings. The van der Waals surface area contributed by atoms with Crippen molar-refractivity contribution in [3.63, 3.8) is 0 Å². The van der Waals surface area contributed by atoms with E-state index in [-0.39, 0.29) is 0 Å². The van der Waals surface area contributed by atoms with Gasteiger partial charge in [0.05, 0.1) is 0 Å². The minimum absolute atomic E-state index is 0.662. The standard InChI is InChI=1S/C11H12N8S/c1-2-10(14-19-9(1)13-15-16-19)17-4-6-18(7-5-17)11-12-3-8-20-11/h1-3,8H,4-7H2. The van der Waals surface area contributed by atoms with Gasteiger partial charge in [0.2, 0.25) is 0 Å². The van der Waals surface area contributed by atoms with Crippen LogP contribution in [0.3, 0.4) is 0 Å². The van der Waals surface area contributed by atoms with E-state index in [4.69, 9.17) is 0 Å². The SMILES string of the molecule is c1csc(N2CCN(c3ccc4nnnn4n3)CC2)n1. The van der Waals surface area contributed by atoms with E-state index >= 15 is 0 Å². The monoisotopic (exact) mass is 288 g/mol. The Labute approximate surface area is 118 Å². The van der Waals surface area contributed by atoms with Crippen LogP contribution in [-0.4, -0.2) is 56.4 Å². The number of aromatic nitrogens is 6. The van der Waals surface area contributed by atoms with Crippen LogP contribution in [0, 0.1) is 0 Å². The molecule has 102 valence electrons. The average Bonchev–Trinajstić information content (AvgIpc) is 3.18. The lowest BCUT2D eigenvalue weighted by Crippen LogP contribution is -2.46. The van der Waals surface area contributed by atoms with Crippen molar-refractivity contribution < 1.29 is 0 Å². The highest BCUT2D eigenvalue weighted by Gasteiger charge is 2.20. The van der Waals surface area contributed by atoms with Crippen molar-refractivity contribution >= 4 is 27.9 Å². The second-order valence-corrected chi connectivity index (χ2v) is 5.38. The quantitative estimate of drug-likeness (QED) is 0.671. The largest absolute Gasteiger partial charge is 0.352 e. The van der Waals surface area contributed by atoms with E-state index in [9.17, 15) is 0 Å². The molecule has 3 aromatic rings. The molecular weight excluding hydrogens is 276 g/mol. The Morgan fingerprint density at radius 3 is 2.70 bits per heavy atom. The lowest BCUT2D eigenvalue weighted by Gasteiger charge is -2.34. The van der Waals surface area contributed by atoms with E-state index in [0.717, 1.165) is 37.1 Å². The molecule has 0 N–H and O–H groups in total. The number of nitrogens with zero attached hydrogens (tertiary/aromatic N) is 8. The van der Waals surface area contributed by atoms with Crippen LogP contribution in [0.5, 0.6) is 0 Å². The highest BCUT2D eigenvalue weighted by Crippen LogP contribution is 2.20. The van der Waals surface area contributed by atoms with Crippen LogP contribution in [-0.2, 0) is 0 Å². The normalized spacial score (nSPS) is 16.0. The minimum atomic E-state index is 0.662. The molecule has 4 heterocycles. The molecule has 1 aliphatic heterocycles. The van der Waals surface area contributed by atoms with Crippen molar-refractivity contribution in [2.45, 2.75) is 0 Å². The van der Waals surface area contributed by atoms with Crippen LogP contribution >= 0.6 is 11.3 Å². The number of hydrogen-bond donors (Lipinski definition) is 0. The van der Waals surface area contributed by atoms with Crippen molar-refractivity contribution in [2.24, 2.45) is 0 Å². The number of hydrogen-bond acceptors (Lipinski definition) is 8. The van der Waals surface area contributed by atoms with Gasteiger partial charge in [0.15, 0.2) is 16.6 Å². The van der Waals surface area contributed by atoms with Gasteiger partial charge in [-0.15, -0.1) is 26.2 Å². The molecule has 3 aromatic heterocycles. The molecule has 1 fully saturated rings. The van der Waals surface area contributed by atoms with Gasteiger partial charge in [0.1, 0.15) is 0 Å². The van der Waals surface area contributed by atoms with Gasteiger partial charge < -0.3 is 9.80 Å². The molecule has 8 nitrogen and oxygen atoms in total. The van der Waals surface area contributed by atoms with Crippen molar-refractivity contribution in [2.75, 3.05) is 36.0 Å². The molecule has 0 radical (unpaired) electrons. The smallest absolute Gasteiger partial charge is 0.200 e. The summed E-state index contributed by atoms with van der Waals surface area (Å²) in [7, 11) is 0. The summed E-state index contributed by atoms with van der Waals surface area (Å²) in [6.45, 7) is 3.73. The summed E-state index contributed by atoms with van der Waals surface area (Å²) in [5, 5.41) is 18.8. The molecule has 20 heavy (non-hydrogen) atoms. The van der Waals surface area contributed by atoms with E-state index in [1.807, 2.05) is 23.7 Å². The third kappa shape index (κ3) is 1.95. The zero-order valence-corrected chi connectivity index (χ0v) is 11.4. The maximum atomic E-state index is 4.42. The minimum Gasteiger partial charge on any atom is -0.352 e. The Kier molecular flexibility index (Phi) is 2.69. The van der Waals surface area contributed by atoms with E-state index in [1.54, 1.807) is 11.3 Å². The summed E-state index contributed by atoms with van der Waals surface area (Å²) >= 11 is 1.68. The first-order chi connectivity index (χ1) is 9.90. The Hall–Kier alpha value is -2.29. The van der Waals surface area contributed by atoms with Gasteiger partial charge in [-0.2, -0.15) is 0 Å². The summed E-state index contributed by atoms with van der Waals surface area (Å²) in [6.07, 6.45) is 1.85. The molecule has 1 saturated heterocycles. The van der Waals surface area contributed by atoms with Gasteiger partial charge in [-0.25, -0.2) is 4.98 Å². The van der Waals surface area contributed by atoms with Crippen LogP contribution < -0.4 is 9.80 Å². The molecule has 9 heteroatoms. The number of tetrazole rings is 1. The molecule has 0 aliphatic carbocycles. The first-order valence-electron chi connectivity index (χ1n) is 6.35.